The normalized spacial score (nSPS) is 37.9. The second-order valence-corrected chi connectivity index (χ2v) is 6.58. The zero-order chi connectivity index (χ0) is 12.1. The third-order valence-electron chi connectivity index (χ3n) is 5.15. The molecule has 5 rings (SSSR count). The van der Waals surface area contributed by atoms with Gasteiger partial charge < -0.3 is 4.90 Å². The van der Waals surface area contributed by atoms with E-state index in [1.165, 1.54) is 38.6 Å². The number of hydrogen-bond acceptors (Lipinski definition) is 3. The molecule has 1 aromatic heterocycles. The third kappa shape index (κ3) is 1.72. The summed E-state index contributed by atoms with van der Waals surface area (Å²) in [5, 5.41) is 0. The van der Waals surface area contributed by atoms with Crippen molar-refractivity contribution in [3.63, 3.8) is 0 Å². The monoisotopic (exact) mass is 243 g/mol. The van der Waals surface area contributed by atoms with Gasteiger partial charge in [0, 0.05) is 24.5 Å². The first-order valence-electron chi connectivity index (χ1n) is 7.34. The number of aromatic nitrogens is 2. The SMILES string of the molecule is Cc1ccnc(N2CC3CC4CC(C3)CC2C4)n1. The average Bonchev–Trinajstić information content (AvgIpc) is 2.53. The molecular weight excluding hydrogens is 222 g/mol. The Bertz CT molecular complexity index is 445. The van der Waals surface area contributed by atoms with Crippen LogP contribution in [-0.2, 0) is 0 Å². The summed E-state index contributed by atoms with van der Waals surface area (Å²) in [5.74, 6) is 3.85. The summed E-state index contributed by atoms with van der Waals surface area (Å²) in [6.45, 7) is 3.26. The molecule has 2 aliphatic carbocycles. The highest BCUT2D eigenvalue weighted by Gasteiger charge is 2.43. The molecule has 2 saturated carbocycles. The number of anilines is 1. The Kier molecular flexibility index (Phi) is 2.36. The molecule has 0 N–H and O–H groups in total. The molecular formula is C15H21N3. The van der Waals surface area contributed by atoms with Crippen molar-refractivity contribution in [1.82, 2.24) is 9.97 Å². The van der Waals surface area contributed by atoms with E-state index in [2.05, 4.69) is 21.8 Å². The Hall–Kier alpha value is -1.12. The lowest BCUT2D eigenvalue weighted by Gasteiger charge is -2.39. The first-order chi connectivity index (χ1) is 8.78. The van der Waals surface area contributed by atoms with Crippen LogP contribution in [0.15, 0.2) is 12.3 Å². The summed E-state index contributed by atoms with van der Waals surface area (Å²) in [6, 6.07) is 2.70. The Morgan fingerprint density at radius 2 is 1.78 bits per heavy atom. The smallest absolute Gasteiger partial charge is 0.225 e. The molecule has 18 heavy (non-hydrogen) atoms. The van der Waals surface area contributed by atoms with Crippen LogP contribution in [0.25, 0.3) is 0 Å². The summed E-state index contributed by atoms with van der Waals surface area (Å²) in [6.07, 6.45) is 9.07. The van der Waals surface area contributed by atoms with Gasteiger partial charge in [0.05, 0.1) is 0 Å². The Morgan fingerprint density at radius 3 is 2.50 bits per heavy atom. The van der Waals surface area contributed by atoms with Crippen LogP contribution >= 0.6 is 0 Å². The largest absolute Gasteiger partial charge is 0.338 e. The summed E-state index contributed by atoms with van der Waals surface area (Å²) < 4.78 is 0. The van der Waals surface area contributed by atoms with Gasteiger partial charge in [0.15, 0.2) is 0 Å². The fourth-order valence-electron chi connectivity index (χ4n) is 4.60. The van der Waals surface area contributed by atoms with Crippen LogP contribution in [0.1, 0.15) is 37.8 Å². The minimum absolute atomic E-state index is 0.711. The van der Waals surface area contributed by atoms with Crippen molar-refractivity contribution in [1.29, 1.82) is 0 Å². The van der Waals surface area contributed by atoms with Crippen LogP contribution in [-0.4, -0.2) is 22.6 Å². The van der Waals surface area contributed by atoms with Crippen molar-refractivity contribution in [3.8, 4) is 0 Å². The van der Waals surface area contributed by atoms with Crippen LogP contribution < -0.4 is 4.90 Å². The molecule has 4 aliphatic rings. The number of rotatable bonds is 1. The predicted octanol–water partition coefficient (Wildman–Crippen LogP) is 2.80. The van der Waals surface area contributed by atoms with Crippen molar-refractivity contribution in [2.24, 2.45) is 17.8 Å². The Morgan fingerprint density at radius 1 is 1.06 bits per heavy atom. The van der Waals surface area contributed by atoms with Crippen molar-refractivity contribution < 1.29 is 0 Å². The van der Waals surface area contributed by atoms with Crippen LogP contribution in [0.4, 0.5) is 5.95 Å². The van der Waals surface area contributed by atoms with E-state index in [0.717, 1.165) is 29.4 Å². The maximum atomic E-state index is 4.65. The second kappa shape index (κ2) is 3.94. The van der Waals surface area contributed by atoms with E-state index in [4.69, 9.17) is 0 Å². The van der Waals surface area contributed by atoms with Gasteiger partial charge in [-0.1, -0.05) is 0 Å². The van der Waals surface area contributed by atoms with Gasteiger partial charge in [0.1, 0.15) is 0 Å². The van der Waals surface area contributed by atoms with E-state index in [-0.39, 0.29) is 0 Å². The number of nitrogens with zero attached hydrogens (tertiary/aromatic N) is 3. The lowest BCUT2D eigenvalue weighted by atomic mass is 9.68. The highest BCUT2D eigenvalue weighted by Crippen LogP contribution is 2.47. The number of hydrogen-bond donors (Lipinski definition) is 0. The van der Waals surface area contributed by atoms with Gasteiger partial charge in [-0.3, -0.25) is 0 Å². The van der Waals surface area contributed by atoms with Crippen LogP contribution in [0.2, 0.25) is 0 Å². The maximum absolute atomic E-state index is 4.65. The van der Waals surface area contributed by atoms with Crippen LogP contribution in [0.3, 0.4) is 0 Å². The first-order valence-corrected chi connectivity index (χ1v) is 7.34. The van der Waals surface area contributed by atoms with E-state index in [1.54, 1.807) is 0 Å². The molecule has 96 valence electrons. The molecule has 0 spiro atoms. The van der Waals surface area contributed by atoms with E-state index in [1.807, 2.05) is 12.3 Å². The van der Waals surface area contributed by atoms with Gasteiger partial charge in [0.25, 0.3) is 0 Å². The molecule has 0 amide bonds. The number of fused-ring (bicyclic) bond motifs is 1. The van der Waals surface area contributed by atoms with Crippen LogP contribution in [0, 0.1) is 24.7 Å². The summed E-state index contributed by atoms with van der Waals surface area (Å²) in [5.41, 5.74) is 1.09. The molecule has 0 aromatic carbocycles. The van der Waals surface area contributed by atoms with Gasteiger partial charge in [-0.15, -0.1) is 0 Å². The molecule has 3 heterocycles. The molecule has 4 bridgehead atoms. The van der Waals surface area contributed by atoms with Crippen molar-refractivity contribution in [3.05, 3.63) is 18.0 Å². The fourth-order valence-corrected chi connectivity index (χ4v) is 4.60. The minimum Gasteiger partial charge on any atom is -0.338 e. The van der Waals surface area contributed by atoms with Gasteiger partial charge in [-0.05, 0) is 62.8 Å². The molecule has 2 unspecified atom stereocenters. The topological polar surface area (TPSA) is 29.0 Å². The standard InChI is InChI=1S/C15H21N3/c1-10-2-3-16-15(17-10)18-9-13-5-11-4-12(6-13)8-14(18)7-11/h2-3,11-14H,4-9H2,1H3. The molecule has 0 radical (unpaired) electrons. The molecule has 2 atom stereocenters. The highest BCUT2D eigenvalue weighted by molar-refractivity contribution is 5.34. The van der Waals surface area contributed by atoms with Crippen molar-refractivity contribution in [2.45, 2.75) is 45.1 Å². The Labute approximate surface area is 109 Å². The van der Waals surface area contributed by atoms with E-state index >= 15 is 0 Å². The highest BCUT2D eigenvalue weighted by atomic mass is 15.3. The van der Waals surface area contributed by atoms with Gasteiger partial charge in [-0.25, -0.2) is 9.97 Å². The van der Waals surface area contributed by atoms with E-state index < -0.39 is 0 Å². The summed E-state index contributed by atoms with van der Waals surface area (Å²) in [4.78, 5) is 11.7. The summed E-state index contributed by atoms with van der Waals surface area (Å²) in [7, 11) is 0. The molecule has 1 aromatic rings. The zero-order valence-corrected chi connectivity index (χ0v) is 11.0. The van der Waals surface area contributed by atoms with Gasteiger partial charge in [-0.2, -0.15) is 0 Å². The van der Waals surface area contributed by atoms with E-state index in [0.29, 0.717) is 6.04 Å². The predicted molar refractivity (Wildman–Crippen MR) is 71.5 cm³/mol. The molecule has 2 saturated heterocycles. The maximum Gasteiger partial charge on any atom is 0.225 e. The lowest BCUT2D eigenvalue weighted by molar-refractivity contribution is 0.157. The lowest BCUT2D eigenvalue weighted by Crippen LogP contribution is -2.39. The summed E-state index contributed by atoms with van der Waals surface area (Å²) >= 11 is 0. The molecule has 4 fully saturated rings. The fraction of sp³-hybridized carbons (Fsp3) is 0.733. The number of aryl methyl sites for hydroxylation is 1. The van der Waals surface area contributed by atoms with Crippen molar-refractivity contribution in [2.75, 3.05) is 11.4 Å². The molecule has 3 nitrogen and oxygen atoms in total. The third-order valence-corrected chi connectivity index (χ3v) is 5.15. The van der Waals surface area contributed by atoms with Crippen molar-refractivity contribution >= 4 is 5.95 Å². The zero-order valence-electron chi connectivity index (χ0n) is 11.0. The van der Waals surface area contributed by atoms with Gasteiger partial charge in [0.2, 0.25) is 5.95 Å². The van der Waals surface area contributed by atoms with E-state index in [9.17, 15) is 0 Å². The Balaban J connectivity index is 1.69. The minimum atomic E-state index is 0.711. The quantitative estimate of drug-likeness (QED) is 0.759. The first kappa shape index (κ1) is 10.8. The van der Waals surface area contributed by atoms with Gasteiger partial charge >= 0.3 is 0 Å². The molecule has 2 aliphatic heterocycles. The van der Waals surface area contributed by atoms with Crippen LogP contribution in [0.5, 0.6) is 0 Å². The average molecular weight is 243 g/mol. The molecule has 3 heteroatoms. The second-order valence-electron chi connectivity index (χ2n) is 6.58.